The molecule has 0 radical (unpaired) electrons. The third-order valence-corrected chi connectivity index (χ3v) is 4.94. The van der Waals surface area contributed by atoms with Crippen molar-refractivity contribution < 1.29 is 9.32 Å². The number of benzene rings is 2. The van der Waals surface area contributed by atoms with Crippen molar-refractivity contribution in [3.63, 3.8) is 0 Å². The summed E-state index contributed by atoms with van der Waals surface area (Å²) in [7, 11) is 0. The Labute approximate surface area is 149 Å². The zero-order valence-corrected chi connectivity index (χ0v) is 14.1. The molecule has 0 saturated carbocycles. The number of aryl methyl sites for hydroxylation is 1. The maximum atomic E-state index is 12.2. The Kier molecular flexibility index (Phi) is 3.18. The first-order valence-electron chi connectivity index (χ1n) is 8.50. The molecule has 3 heterocycles. The molecule has 0 spiro atoms. The van der Waals surface area contributed by atoms with Crippen LogP contribution >= 0.6 is 0 Å². The van der Waals surface area contributed by atoms with E-state index in [0.29, 0.717) is 12.2 Å². The number of amides is 1. The van der Waals surface area contributed by atoms with Crippen LogP contribution in [0.1, 0.15) is 29.2 Å². The van der Waals surface area contributed by atoms with E-state index in [0.717, 1.165) is 39.0 Å². The van der Waals surface area contributed by atoms with Crippen LogP contribution < -0.4 is 5.32 Å². The molecule has 0 saturated heterocycles. The molecule has 2 aromatic carbocycles. The SMILES string of the molecule is Cc1noc2ccc(C3CC(=O)Nc4n[nH]c(-c5ccccc5)c43)cc12. The number of carbonyl (C=O) groups is 1. The summed E-state index contributed by atoms with van der Waals surface area (Å²) in [6.45, 7) is 1.92. The van der Waals surface area contributed by atoms with Crippen molar-refractivity contribution in [3.05, 3.63) is 65.4 Å². The highest BCUT2D eigenvalue weighted by molar-refractivity contribution is 5.96. The van der Waals surface area contributed by atoms with Gasteiger partial charge in [0, 0.05) is 23.3 Å². The second-order valence-corrected chi connectivity index (χ2v) is 6.56. The van der Waals surface area contributed by atoms with E-state index in [-0.39, 0.29) is 11.8 Å². The zero-order valence-electron chi connectivity index (χ0n) is 14.1. The number of hydrogen-bond acceptors (Lipinski definition) is 4. The minimum absolute atomic E-state index is 0.0317. The normalized spacial score (nSPS) is 16.5. The predicted molar refractivity (Wildman–Crippen MR) is 97.9 cm³/mol. The minimum Gasteiger partial charge on any atom is -0.356 e. The Hall–Kier alpha value is -3.41. The molecule has 1 amide bonds. The van der Waals surface area contributed by atoms with Gasteiger partial charge < -0.3 is 9.84 Å². The average molecular weight is 344 g/mol. The quantitative estimate of drug-likeness (QED) is 0.576. The lowest BCUT2D eigenvalue weighted by Gasteiger charge is -2.23. The van der Waals surface area contributed by atoms with E-state index >= 15 is 0 Å². The summed E-state index contributed by atoms with van der Waals surface area (Å²) >= 11 is 0. The Bertz CT molecular complexity index is 1130. The third kappa shape index (κ3) is 2.23. The van der Waals surface area contributed by atoms with Crippen LogP contribution in [0.4, 0.5) is 5.82 Å². The van der Waals surface area contributed by atoms with Crippen LogP contribution in [-0.2, 0) is 4.79 Å². The molecule has 4 aromatic rings. The van der Waals surface area contributed by atoms with Crippen LogP contribution in [0.2, 0.25) is 0 Å². The van der Waals surface area contributed by atoms with Gasteiger partial charge in [-0.1, -0.05) is 41.6 Å². The second-order valence-electron chi connectivity index (χ2n) is 6.56. The molecule has 128 valence electrons. The maximum absolute atomic E-state index is 12.2. The predicted octanol–water partition coefficient (Wildman–Crippen LogP) is 4.00. The highest BCUT2D eigenvalue weighted by Crippen LogP contribution is 2.42. The first-order chi connectivity index (χ1) is 12.7. The molecule has 0 aliphatic carbocycles. The van der Waals surface area contributed by atoms with E-state index < -0.39 is 0 Å². The second kappa shape index (κ2) is 5.56. The van der Waals surface area contributed by atoms with Crippen LogP contribution in [0.5, 0.6) is 0 Å². The van der Waals surface area contributed by atoms with Crippen molar-refractivity contribution in [1.82, 2.24) is 15.4 Å². The molecule has 1 atom stereocenters. The lowest BCUT2D eigenvalue weighted by molar-refractivity contribution is -0.116. The fraction of sp³-hybridized carbons (Fsp3) is 0.150. The van der Waals surface area contributed by atoms with E-state index in [1.807, 2.05) is 49.4 Å². The van der Waals surface area contributed by atoms with Gasteiger partial charge in [0.2, 0.25) is 5.91 Å². The summed E-state index contributed by atoms with van der Waals surface area (Å²) in [5, 5.41) is 15.3. The molecule has 6 heteroatoms. The summed E-state index contributed by atoms with van der Waals surface area (Å²) < 4.78 is 5.31. The van der Waals surface area contributed by atoms with E-state index in [2.05, 4.69) is 26.7 Å². The Morgan fingerprint density at radius 1 is 1.15 bits per heavy atom. The van der Waals surface area contributed by atoms with Crippen LogP contribution in [0.15, 0.2) is 53.1 Å². The summed E-state index contributed by atoms with van der Waals surface area (Å²) in [5.74, 6) is 0.495. The Morgan fingerprint density at radius 2 is 2.00 bits per heavy atom. The van der Waals surface area contributed by atoms with Gasteiger partial charge in [-0.25, -0.2) is 0 Å². The fourth-order valence-corrected chi connectivity index (χ4v) is 3.66. The fourth-order valence-electron chi connectivity index (χ4n) is 3.66. The number of hydrogen-bond donors (Lipinski definition) is 2. The number of rotatable bonds is 2. The van der Waals surface area contributed by atoms with Crippen LogP contribution in [-0.4, -0.2) is 21.3 Å². The van der Waals surface area contributed by atoms with Gasteiger partial charge in [-0.3, -0.25) is 9.89 Å². The number of anilines is 1. The monoisotopic (exact) mass is 344 g/mol. The molecular formula is C20H16N4O2. The summed E-state index contributed by atoms with van der Waals surface area (Å²) in [5.41, 5.74) is 5.65. The standard InChI is InChI=1S/C20H16N4O2/c1-11-14-9-13(7-8-16(14)26-24-11)15-10-17(25)21-20-18(15)19(22-23-20)12-5-3-2-4-6-12/h2-9,15H,10H2,1H3,(H2,21,22,23,25). The van der Waals surface area contributed by atoms with Gasteiger partial charge in [0.05, 0.1) is 11.4 Å². The van der Waals surface area contributed by atoms with Crippen molar-refractivity contribution in [2.24, 2.45) is 0 Å². The average Bonchev–Trinajstić information content (AvgIpc) is 3.25. The van der Waals surface area contributed by atoms with Crippen LogP contribution in [0.25, 0.3) is 22.2 Å². The number of nitrogens with zero attached hydrogens (tertiary/aromatic N) is 2. The number of aromatic nitrogens is 3. The molecule has 5 rings (SSSR count). The number of fused-ring (bicyclic) bond motifs is 2. The third-order valence-electron chi connectivity index (χ3n) is 4.94. The first-order valence-corrected chi connectivity index (χ1v) is 8.50. The summed E-state index contributed by atoms with van der Waals surface area (Å²) in [6, 6.07) is 16.0. The Morgan fingerprint density at radius 3 is 2.85 bits per heavy atom. The topological polar surface area (TPSA) is 83.8 Å². The lowest BCUT2D eigenvalue weighted by atomic mass is 9.84. The number of aromatic amines is 1. The van der Waals surface area contributed by atoms with Crippen molar-refractivity contribution in [2.75, 3.05) is 5.32 Å². The number of H-pyrrole nitrogens is 1. The largest absolute Gasteiger partial charge is 0.356 e. The molecule has 0 fully saturated rings. The molecule has 1 aliphatic heterocycles. The molecule has 0 bridgehead atoms. The molecule has 1 aliphatic rings. The first kappa shape index (κ1) is 14.9. The highest BCUT2D eigenvalue weighted by Gasteiger charge is 2.32. The van der Waals surface area contributed by atoms with Gasteiger partial charge in [-0.2, -0.15) is 5.10 Å². The van der Waals surface area contributed by atoms with Crippen molar-refractivity contribution in [1.29, 1.82) is 0 Å². The van der Waals surface area contributed by atoms with Gasteiger partial charge in [0.25, 0.3) is 0 Å². The van der Waals surface area contributed by atoms with Gasteiger partial charge in [0.15, 0.2) is 11.4 Å². The van der Waals surface area contributed by atoms with Crippen molar-refractivity contribution in [2.45, 2.75) is 19.3 Å². The van der Waals surface area contributed by atoms with E-state index in [1.54, 1.807) is 0 Å². The zero-order chi connectivity index (χ0) is 17.7. The minimum atomic E-state index is -0.0774. The Balaban J connectivity index is 1.70. The van der Waals surface area contributed by atoms with Gasteiger partial charge in [0.1, 0.15) is 0 Å². The molecule has 1 unspecified atom stereocenters. The van der Waals surface area contributed by atoms with Gasteiger partial charge in [-0.15, -0.1) is 0 Å². The van der Waals surface area contributed by atoms with Crippen molar-refractivity contribution in [3.8, 4) is 11.3 Å². The molecule has 2 aromatic heterocycles. The number of nitrogens with one attached hydrogen (secondary N) is 2. The maximum Gasteiger partial charge on any atom is 0.226 e. The van der Waals surface area contributed by atoms with E-state index in [1.165, 1.54) is 0 Å². The van der Waals surface area contributed by atoms with Crippen LogP contribution in [0, 0.1) is 6.92 Å². The van der Waals surface area contributed by atoms with Crippen molar-refractivity contribution >= 4 is 22.7 Å². The summed E-state index contributed by atoms with van der Waals surface area (Å²) in [6.07, 6.45) is 0.377. The highest BCUT2D eigenvalue weighted by atomic mass is 16.5. The van der Waals surface area contributed by atoms with Crippen LogP contribution in [0.3, 0.4) is 0 Å². The van der Waals surface area contributed by atoms with Gasteiger partial charge >= 0.3 is 0 Å². The molecular weight excluding hydrogens is 328 g/mol. The van der Waals surface area contributed by atoms with E-state index in [9.17, 15) is 4.79 Å². The summed E-state index contributed by atoms with van der Waals surface area (Å²) in [4.78, 5) is 12.2. The molecule has 6 nitrogen and oxygen atoms in total. The smallest absolute Gasteiger partial charge is 0.226 e. The lowest BCUT2D eigenvalue weighted by Crippen LogP contribution is -2.23. The molecule has 2 N–H and O–H groups in total. The number of carbonyl (C=O) groups excluding carboxylic acids is 1. The molecule has 26 heavy (non-hydrogen) atoms. The van der Waals surface area contributed by atoms with E-state index in [4.69, 9.17) is 4.52 Å². The van der Waals surface area contributed by atoms with Gasteiger partial charge in [-0.05, 0) is 30.2 Å².